The molecular formula is C13H21ClN4O4S2. The lowest BCUT2D eigenvalue weighted by Crippen LogP contribution is -2.46. The van der Waals surface area contributed by atoms with Crippen LogP contribution in [0.15, 0.2) is 4.34 Å². The van der Waals surface area contributed by atoms with Gasteiger partial charge in [0.15, 0.2) is 4.34 Å². The van der Waals surface area contributed by atoms with Crippen molar-refractivity contribution in [3.05, 3.63) is 0 Å². The molecule has 8 nitrogen and oxygen atoms in total. The van der Waals surface area contributed by atoms with Crippen LogP contribution < -0.4 is 11.1 Å². The van der Waals surface area contributed by atoms with Crippen LogP contribution in [0.4, 0.5) is 5.13 Å². The van der Waals surface area contributed by atoms with Crippen LogP contribution >= 0.6 is 35.5 Å². The normalized spacial score (nSPS) is 16.1. The molecule has 0 atom stereocenters. The van der Waals surface area contributed by atoms with E-state index < -0.39 is 5.41 Å². The van der Waals surface area contributed by atoms with Gasteiger partial charge in [-0.05, 0) is 19.8 Å². The van der Waals surface area contributed by atoms with Crippen LogP contribution in [0.3, 0.4) is 0 Å². The molecule has 0 aliphatic carbocycles. The smallest absolute Gasteiger partial charge is 0.316 e. The Balaban J connectivity index is 0.00000288. The van der Waals surface area contributed by atoms with E-state index in [0.29, 0.717) is 42.1 Å². The van der Waals surface area contributed by atoms with Gasteiger partial charge in [-0.25, -0.2) is 0 Å². The number of nitrogens with zero attached hydrogens (tertiary/aromatic N) is 2. The molecule has 1 aromatic heterocycles. The van der Waals surface area contributed by atoms with Gasteiger partial charge in [-0.3, -0.25) is 14.9 Å². The number of halogens is 1. The highest BCUT2D eigenvalue weighted by Crippen LogP contribution is 2.32. The fourth-order valence-electron chi connectivity index (χ4n) is 2.16. The van der Waals surface area contributed by atoms with Crippen LogP contribution in [-0.4, -0.2) is 54.2 Å². The first-order valence-corrected chi connectivity index (χ1v) is 9.11. The standard InChI is InChI=1S/C13H20N4O4S2.ClH/c1-2-21-9(18)7-22-12-17-16-11(23-12)15-10(19)13(8-14)3-5-20-6-4-13;/h2-8,14H2,1H3,(H,15,16,19);1H. The number of aromatic nitrogens is 2. The molecule has 2 heterocycles. The summed E-state index contributed by atoms with van der Waals surface area (Å²) in [5.74, 6) is -0.287. The Morgan fingerprint density at radius 3 is 2.75 bits per heavy atom. The van der Waals surface area contributed by atoms with Gasteiger partial charge in [-0.15, -0.1) is 22.6 Å². The van der Waals surface area contributed by atoms with Crippen LogP contribution in [0.25, 0.3) is 0 Å². The molecule has 0 aromatic carbocycles. The molecule has 0 spiro atoms. The van der Waals surface area contributed by atoms with E-state index in [4.69, 9.17) is 15.2 Å². The number of amides is 1. The molecule has 0 unspecified atom stereocenters. The third-order valence-corrected chi connectivity index (χ3v) is 5.51. The zero-order valence-electron chi connectivity index (χ0n) is 13.3. The average molecular weight is 397 g/mol. The molecule has 1 fully saturated rings. The lowest BCUT2D eigenvalue weighted by atomic mass is 9.79. The summed E-state index contributed by atoms with van der Waals surface area (Å²) >= 11 is 2.45. The van der Waals surface area contributed by atoms with Gasteiger partial charge in [0.05, 0.1) is 17.8 Å². The molecule has 1 amide bonds. The monoisotopic (exact) mass is 396 g/mol. The van der Waals surface area contributed by atoms with Crippen LogP contribution in [0, 0.1) is 5.41 Å². The SMILES string of the molecule is CCOC(=O)CSc1nnc(NC(=O)C2(CN)CCOCC2)s1.Cl. The molecule has 2 rings (SSSR count). The molecule has 0 bridgehead atoms. The predicted octanol–water partition coefficient (Wildman–Crippen LogP) is 1.31. The van der Waals surface area contributed by atoms with Crippen molar-refractivity contribution in [3.63, 3.8) is 0 Å². The number of hydrogen-bond acceptors (Lipinski definition) is 9. The van der Waals surface area contributed by atoms with Crippen molar-refractivity contribution in [2.45, 2.75) is 24.1 Å². The van der Waals surface area contributed by atoms with Crippen LogP contribution in [0.2, 0.25) is 0 Å². The minimum absolute atomic E-state index is 0. The van der Waals surface area contributed by atoms with Crippen molar-refractivity contribution in [2.24, 2.45) is 11.1 Å². The maximum absolute atomic E-state index is 12.5. The van der Waals surface area contributed by atoms with Crippen molar-refractivity contribution in [1.29, 1.82) is 0 Å². The van der Waals surface area contributed by atoms with E-state index in [-0.39, 0.29) is 36.6 Å². The highest BCUT2D eigenvalue weighted by atomic mass is 35.5. The molecule has 11 heteroatoms. The molecule has 24 heavy (non-hydrogen) atoms. The van der Waals surface area contributed by atoms with Crippen LogP contribution in [-0.2, 0) is 19.1 Å². The zero-order valence-corrected chi connectivity index (χ0v) is 15.7. The van der Waals surface area contributed by atoms with E-state index in [1.54, 1.807) is 6.92 Å². The maximum Gasteiger partial charge on any atom is 0.316 e. The molecule has 1 aliphatic heterocycles. The number of anilines is 1. The van der Waals surface area contributed by atoms with Crippen molar-refractivity contribution < 1.29 is 19.1 Å². The van der Waals surface area contributed by atoms with Crippen molar-refractivity contribution in [2.75, 3.05) is 37.4 Å². The van der Waals surface area contributed by atoms with E-state index in [1.807, 2.05) is 0 Å². The van der Waals surface area contributed by atoms with E-state index in [1.165, 1.54) is 23.1 Å². The fourth-order valence-corrected chi connectivity index (χ4v) is 3.70. The number of esters is 1. The second-order valence-corrected chi connectivity index (χ2v) is 7.22. The van der Waals surface area contributed by atoms with Gasteiger partial charge in [0, 0.05) is 19.8 Å². The number of carbonyl (C=O) groups excluding carboxylic acids is 2. The summed E-state index contributed by atoms with van der Waals surface area (Å²) in [6.07, 6.45) is 1.19. The summed E-state index contributed by atoms with van der Waals surface area (Å²) in [7, 11) is 0. The molecule has 1 aromatic rings. The van der Waals surface area contributed by atoms with E-state index in [2.05, 4.69) is 15.5 Å². The molecular weight excluding hydrogens is 376 g/mol. The van der Waals surface area contributed by atoms with Gasteiger partial charge in [0.25, 0.3) is 0 Å². The fraction of sp³-hybridized carbons (Fsp3) is 0.692. The third kappa shape index (κ3) is 5.55. The number of carbonyl (C=O) groups is 2. The van der Waals surface area contributed by atoms with Gasteiger partial charge in [-0.2, -0.15) is 0 Å². The topological polar surface area (TPSA) is 116 Å². The molecule has 1 saturated heterocycles. The van der Waals surface area contributed by atoms with Gasteiger partial charge >= 0.3 is 5.97 Å². The number of hydrogen-bond donors (Lipinski definition) is 2. The number of rotatable bonds is 7. The minimum atomic E-state index is -0.609. The Morgan fingerprint density at radius 2 is 2.12 bits per heavy atom. The number of nitrogens with one attached hydrogen (secondary N) is 1. The summed E-state index contributed by atoms with van der Waals surface area (Å²) in [6, 6.07) is 0. The second-order valence-electron chi connectivity index (χ2n) is 5.02. The van der Waals surface area contributed by atoms with Crippen LogP contribution in [0.1, 0.15) is 19.8 Å². The van der Waals surface area contributed by atoms with Crippen LogP contribution in [0.5, 0.6) is 0 Å². The van der Waals surface area contributed by atoms with E-state index in [9.17, 15) is 9.59 Å². The quantitative estimate of drug-likeness (QED) is 0.402. The number of ether oxygens (including phenoxy) is 2. The van der Waals surface area contributed by atoms with Crippen molar-refractivity contribution in [1.82, 2.24) is 10.2 Å². The number of nitrogens with two attached hydrogens (primary N) is 1. The Kier molecular flexibility index (Phi) is 8.92. The van der Waals surface area contributed by atoms with E-state index in [0.717, 1.165) is 0 Å². The minimum Gasteiger partial charge on any atom is -0.465 e. The van der Waals surface area contributed by atoms with E-state index >= 15 is 0 Å². The predicted molar refractivity (Wildman–Crippen MR) is 94.7 cm³/mol. The average Bonchev–Trinajstić information content (AvgIpc) is 3.01. The lowest BCUT2D eigenvalue weighted by Gasteiger charge is -2.34. The van der Waals surface area contributed by atoms with Crippen molar-refractivity contribution >= 4 is 52.5 Å². The third-order valence-electron chi connectivity index (χ3n) is 3.57. The first-order valence-electron chi connectivity index (χ1n) is 7.31. The largest absolute Gasteiger partial charge is 0.465 e. The van der Waals surface area contributed by atoms with Gasteiger partial charge < -0.3 is 15.2 Å². The summed E-state index contributed by atoms with van der Waals surface area (Å²) in [4.78, 5) is 23.8. The molecule has 1 aliphatic rings. The summed E-state index contributed by atoms with van der Waals surface area (Å²) in [5, 5.41) is 11.1. The summed E-state index contributed by atoms with van der Waals surface area (Å²) < 4.78 is 10.7. The first-order chi connectivity index (χ1) is 11.1. The van der Waals surface area contributed by atoms with Crippen molar-refractivity contribution in [3.8, 4) is 0 Å². The first kappa shape index (κ1) is 21.1. The zero-order chi connectivity index (χ0) is 16.7. The molecule has 136 valence electrons. The van der Waals surface area contributed by atoms with Gasteiger partial charge in [-0.1, -0.05) is 23.1 Å². The Morgan fingerprint density at radius 1 is 1.42 bits per heavy atom. The second kappa shape index (κ2) is 10.1. The Labute approximate surface area is 154 Å². The molecule has 0 saturated carbocycles. The maximum atomic E-state index is 12.5. The summed E-state index contributed by atoms with van der Waals surface area (Å²) in [6.45, 7) is 3.43. The number of thioether (sulfide) groups is 1. The highest BCUT2D eigenvalue weighted by molar-refractivity contribution is 8.01. The highest BCUT2D eigenvalue weighted by Gasteiger charge is 2.39. The molecule has 3 N–H and O–H groups in total. The molecule has 0 radical (unpaired) electrons. The van der Waals surface area contributed by atoms with Gasteiger partial charge in [0.1, 0.15) is 0 Å². The van der Waals surface area contributed by atoms with Gasteiger partial charge in [0.2, 0.25) is 11.0 Å². The summed E-state index contributed by atoms with van der Waals surface area (Å²) in [5.41, 5.74) is 5.19. The lowest BCUT2D eigenvalue weighted by molar-refractivity contribution is -0.139. The Bertz CT molecular complexity index is 552. The Hall–Kier alpha value is -0.940.